The van der Waals surface area contributed by atoms with E-state index < -0.39 is 12.6 Å². The molecule has 4 heteroatoms. The molecule has 0 aliphatic carbocycles. The van der Waals surface area contributed by atoms with Crippen molar-refractivity contribution in [3.63, 3.8) is 0 Å². The van der Waals surface area contributed by atoms with Crippen LogP contribution in [0.25, 0.3) is 0 Å². The van der Waals surface area contributed by atoms with Crippen LogP contribution in [0.3, 0.4) is 0 Å². The number of methoxy groups -OCH3 is 1. The number of hydrogen-bond donors (Lipinski definition) is 1. The quantitative estimate of drug-likeness (QED) is 0.607. The molecule has 1 N–H and O–H groups in total. The summed E-state index contributed by atoms with van der Waals surface area (Å²) >= 11 is 0. The third kappa shape index (κ3) is 6.25. The molecule has 11 heavy (non-hydrogen) atoms. The summed E-state index contributed by atoms with van der Waals surface area (Å²) in [7, 11) is 1.54. The van der Waals surface area contributed by atoms with Crippen molar-refractivity contribution in [2.45, 2.75) is 39.6 Å². The minimum absolute atomic E-state index is 0.316. The molecule has 0 bridgehead atoms. The first-order chi connectivity index (χ1) is 5.06. The Bertz CT molecular complexity index is 94.4. The molecule has 0 rings (SSSR count). The second-order valence-electron chi connectivity index (χ2n) is 2.24. The van der Waals surface area contributed by atoms with Gasteiger partial charge in [-0.2, -0.15) is 0 Å². The van der Waals surface area contributed by atoms with E-state index in [1.165, 1.54) is 6.92 Å². The fourth-order valence-electron chi connectivity index (χ4n) is 0.635. The van der Waals surface area contributed by atoms with E-state index in [1.807, 2.05) is 0 Å². The van der Waals surface area contributed by atoms with Crippen LogP contribution < -0.4 is 0 Å². The Morgan fingerprint density at radius 1 is 1.00 bits per heavy atom. The molecule has 0 aliphatic rings. The van der Waals surface area contributed by atoms with Crippen LogP contribution in [0.2, 0.25) is 0 Å². The topological polar surface area (TPSA) is 47.9 Å². The van der Waals surface area contributed by atoms with Crippen LogP contribution in [0.1, 0.15) is 20.8 Å². The molecular formula is C7H16O4. The van der Waals surface area contributed by atoms with Gasteiger partial charge >= 0.3 is 0 Å². The molecule has 0 heterocycles. The molecule has 0 saturated carbocycles. The van der Waals surface area contributed by atoms with Gasteiger partial charge in [0.05, 0.1) is 0 Å². The summed E-state index contributed by atoms with van der Waals surface area (Å²) < 4.78 is 14.8. The highest BCUT2D eigenvalue weighted by atomic mass is 16.8. The van der Waals surface area contributed by atoms with E-state index >= 15 is 0 Å². The lowest BCUT2D eigenvalue weighted by molar-refractivity contribution is -0.265. The number of ether oxygens (including phenoxy) is 3. The van der Waals surface area contributed by atoms with Crippen LogP contribution in [0.4, 0.5) is 0 Å². The van der Waals surface area contributed by atoms with E-state index in [-0.39, 0.29) is 6.29 Å². The highest BCUT2D eigenvalue weighted by molar-refractivity contribution is 4.35. The number of rotatable bonds is 5. The lowest BCUT2D eigenvalue weighted by Gasteiger charge is -2.19. The minimum atomic E-state index is -0.811. The summed E-state index contributed by atoms with van der Waals surface area (Å²) in [6, 6.07) is 0. The van der Waals surface area contributed by atoms with E-state index in [0.717, 1.165) is 0 Å². The Labute approximate surface area is 67.1 Å². The van der Waals surface area contributed by atoms with Crippen molar-refractivity contribution in [2.75, 3.05) is 7.11 Å². The van der Waals surface area contributed by atoms with Gasteiger partial charge < -0.3 is 19.3 Å². The molecule has 0 aromatic carbocycles. The summed E-state index contributed by atoms with van der Waals surface area (Å²) in [4.78, 5) is 0. The highest BCUT2D eigenvalue weighted by Gasteiger charge is 2.09. The maximum Gasteiger partial charge on any atom is 0.161 e. The number of hydrogen-bond acceptors (Lipinski definition) is 4. The van der Waals surface area contributed by atoms with Gasteiger partial charge in [-0.15, -0.1) is 0 Å². The Balaban J connectivity index is 3.43. The molecule has 4 nitrogen and oxygen atoms in total. The van der Waals surface area contributed by atoms with Gasteiger partial charge in [-0.1, -0.05) is 0 Å². The maximum atomic E-state index is 8.77. The van der Waals surface area contributed by atoms with Crippen molar-refractivity contribution in [3.8, 4) is 0 Å². The summed E-state index contributed by atoms with van der Waals surface area (Å²) in [5, 5.41) is 8.77. The van der Waals surface area contributed by atoms with Gasteiger partial charge in [0, 0.05) is 7.11 Å². The van der Waals surface area contributed by atoms with Crippen molar-refractivity contribution in [3.05, 3.63) is 0 Å². The molecule has 0 spiro atoms. The fraction of sp³-hybridized carbons (Fsp3) is 1.00. The predicted molar refractivity (Wildman–Crippen MR) is 39.8 cm³/mol. The lowest BCUT2D eigenvalue weighted by Crippen LogP contribution is -2.24. The van der Waals surface area contributed by atoms with Crippen molar-refractivity contribution in [1.29, 1.82) is 0 Å². The average molecular weight is 164 g/mol. The summed E-state index contributed by atoms with van der Waals surface area (Å²) in [6.45, 7) is 4.97. The molecule has 0 saturated heterocycles. The average Bonchev–Trinajstić information content (AvgIpc) is 1.85. The van der Waals surface area contributed by atoms with Gasteiger partial charge in [-0.3, -0.25) is 0 Å². The highest BCUT2D eigenvalue weighted by Crippen LogP contribution is 2.01. The fourth-order valence-corrected chi connectivity index (χ4v) is 0.635. The van der Waals surface area contributed by atoms with Gasteiger partial charge in [0.15, 0.2) is 18.9 Å². The molecule has 0 aromatic rings. The second kappa shape index (κ2) is 5.49. The van der Waals surface area contributed by atoms with Gasteiger partial charge in [-0.25, -0.2) is 0 Å². The SMILES string of the molecule is COC(C)OC(C)OC(C)O. The van der Waals surface area contributed by atoms with Gasteiger partial charge in [0.1, 0.15) is 0 Å². The van der Waals surface area contributed by atoms with E-state index in [1.54, 1.807) is 21.0 Å². The predicted octanol–water partition coefficient (Wildman–Crippen LogP) is 0.696. The number of aliphatic hydroxyl groups is 1. The van der Waals surface area contributed by atoms with E-state index in [4.69, 9.17) is 19.3 Å². The zero-order valence-corrected chi connectivity index (χ0v) is 7.40. The molecule has 0 radical (unpaired) electrons. The Hall–Kier alpha value is -0.160. The van der Waals surface area contributed by atoms with Crippen molar-refractivity contribution in [2.24, 2.45) is 0 Å². The first-order valence-corrected chi connectivity index (χ1v) is 3.58. The molecule has 0 aliphatic heterocycles. The smallest absolute Gasteiger partial charge is 0.161 e. The third-order valence-corrected chi connectivity index (χ3v) is 1.10. The zero-order valence-electron chi connectivity index (χ0n) is 7.40. The summed E-state index contributed by atoms with van der Waals surface area (Å²) in [5.41, 5.74) is 0. The molecule has 0 amide bonds. The first-order valence-electron chi connectivity index (χ1n) is 3.58. The van der Waals surface area contributed by atoms with Crippen LogP contribution in [0, 0.1) is 0 Å². The van der Waals surface area contributed by atoms with Crippen molar-refractivity contribution >= 4 is 0 Å². The normalized spacial score (nSPS) is 19.4. The summed E-state index contributed by atoms with van der Waals surface area (Å²) in [6.07, 6.45) is -1.58. The third-order valence-electron chi connectivity index (χ3n) is 1.10. The van der Waals surface area contributed by atoms with Crippen molar-refractivity contribution in [1.82, 2.24) is 0 Å². The standard InChI is InChI=1S/C7H16O4/c1-5(8)10-7(3)11-6(2)9-4/h5-8H,1-4H3. The molecule has 3 atom stereocenters. The molecule has 68 valence electrons. The van der Waals surface area contributed by atoms with Crippen LogP contribution in [-0.4, -0.2) is 31.1 Å². The lowest BCUT2D eigenvalue weighted by atomic mass is 10.6. The van der Waals surface area contributed by atoms with Crippen molar-refractivity contribution < 1.29 is 19.3 Å². The van der Waals surface area contributed by atoms with Crippen LogP contribution in [0.15, 0.2) is 0 Å². The monoisotopic (exact) mass is 164 g/mol. The zero-order chi connectivity index (χ0) is 8.85. The first kappa shape index (κ1) is 10.8. The van der Waals surface area contributed by atoms with Gasteiger partial charge in [0.25, 0.3) is 0 Å². The molecular weight excluding hydrogens is 148 g/mol. The van der Waals surface area contributed by atoms with E-state index in [2.05, 4.69) is 0 Å². The van der Waals surface area contributed by atoms with Gasteiger partial charge in [-0.05, 0) is 20.8 Å². The molecule has 0 fully saturated rings. The Morgan fingerprint density at radius 3 is 1.91 bits per heavy atom. The number of aliphatic hydroxyl groups excluding tert-OH is 1. The van der Waals surface area contributed by atoms with Crippen LogP contribution in [-0.2, 0) is 14.2 Å². The molecule has 0 aromatic heterocycles. The largest absolute Gasteiger partial charge is 0.368 e. The van der Waals surface area contributed by atoms with Crippen LogP contribution in [0.5, 0.6) is 0 Å². The van der Waals surface area contributed by atoms with Crippen LogP contribution >= 0.6 is 0 Å². The van der Waals surface area contributed by atoms with E-state index in [9.17, 15) is 0 Å². The van der Waals surface area contributed by atoms with Gasteiger partial charge in [0.2, 0.25) is 0 Å². The Morgan fingerprint density at radius 2 is 1.55 bits per heavy atom. The maximum absolute atomic E-state index is 8.77. The summed E-state index contributed by atoms with van der Waals surface area (Å²) in [5.74, 6) is 0. The minimum Gasteiger partial charge on any atom is -0.368 e. The Kier molecular flexibility index (Phi) is 5.41. The molecule has 3 unspecified atom stereocenters. The second-order valence-corrected chi connectivity index (χ2v) is 2.24. The van der Waals surface area contributed by atoms with E-state index in [0.29, 0.717) is 0 Å².